The topological polar surface area (TPSA) is 367 Å². The van der Waals surface area contributed by atoms with Crippen LogP contribution in [-0.4, -0.2) is 113 Å². The summed E-state index contributed by atoms with van der Waals surface area (Å²) in [6.45, 7) is 0.454. The molecule has 17 N–H and O–H groups in total. The zero-order valence-electron chi connectivity index (χ0n) is 40.0. The number of nitrogens with one attached hydrogen (secondary N) is 6. The number of aliphatic imine (C=N–C) groups is 1. The van der Waals surface area contributed by atoms with Crippen molar-refractivity contribution in [1.82, 2.24) is 31.6 Å². The minimum Gasteiger partial charge on any atom is -0.497 e. The molecule has 1 aromatic heterocycles. The summed E-state index contributed by atoms with van der Waals surface area (Å²) in [6.07, 6.45) is 3.51. The quantitative estimate of drug-likeness (QED) is 0.0221. The van der Waals surface area contributed by atoms with Gasteiger partial charge >= 0.3 is 5.97 Å². The van der Waals surface area contributed by atoms with E-state index in [1.54, 1.807) is 43.6 Å². The number of aliphatic carboxylic acids is 1. The Bertz CT molecular complexity index is 2470. The lowest BCUT2D eigenvalue weighted by Gasteiger charge is -2.41. The molecule has 382 valence electrons. The molecule has 21 heteroatoms. The summed E-state index contributed by atoms with van der Waals surface area (Å²) >= 11 is 0. The highest BCUT2D eigenvalue weighted by molar-refractivity contribution is 5.99. The lowest BCUT2D eigenvalue weighted by molar-refractivity contribution is -0.141. The third kappa shape index (κ3) is 16.0. The van der Waals surface area contributed by atoms with E-state index in [-0.39, 0.29) is 63.4 Å². The van der Waals surface area contributed by atoms with Crippen molar-refractivity contribution < 1.29 is 43.4 Å². The first-order valence-corrected chi connectivity index (χ1v) is 23.8. The first-order chi connectivity index (χ1) is 34.0. The van der Waals surface area contributed by atoms with Crippen LogP contribution in [-0.2, 0) is 46.4 Å². The maximum Gasteiger partial charge on any atom is 0.305 e. The molecule has 3 aromatic carbocycles. The van der Waals surface area contributed by atoms with Gasteiger partial charge in [-0.2, -0.15) is 0 Å². The standard InChI is InChI=1S/C50H68N12O9/c1-71-34-18-16-31(17-19-34)32-20-22-50(23-21-32,62-44(66)36(52)28-42(63)64)48(70)61-40(26-30-10-3-2-4-11-30)46(68)59-39(15-9-25-56-49(54)55)45(67)60-41(27-33-29-57-37-13-6-5-12-35(33)37)47(69)58-38(43(53)65)14-7-8-24-51/h2-6,10-13,16-19,29,32,36,38-41,57H,7-9,14-15,20-28,51-52H2,1H3,(H2,53,65)(H,58,69)(H,59,68)(H,60,67)(H,61,70)(H,62,66)(H,63,64)(H4,54,55,56)/t32?,36-,38-,39-,40+,41-,50?/m0/s1. The molecular formula is C50H68N12O9. The predicted octanol–water partition coefficient (Wildman–Crippen LogP) is 0.584. The van der Waals surface area contributed by atoms with Crippen LogP contribution in [0.5, 0.6) is 5.75 Å². The lowest BCUT2D eigenvalue weighted by Crippen LogP contribution is -2.65. The van der Waals surface area contributed by atoms with Crippen LogP contribution in [0, 0.1) is 0 Å². The fourth-order valence-electron chi connectivity index (χ4n) is 8.79. The van der Waals surface area contributed by atoms with Crippen LogP contribution < -0.4 is 60.0 Å². The molecule has 1 fully saturated rings. The Labute approximate surface area is 412 Å². The molecule has 0 saturated heterocycles. The average molecular weight is 981 g/mol. The first-order valence-electron chi connectivity index (χ1n) is 23.8. The van der Waals surface area contributed by atoms with Crippen LogP contribution in [0.2, 0.25) is 0 Å². The molecule has 0 bridgehead atoms. The number of para-hydroxylation sites is 1. The normalized spacial score (nSPS) is 17.5. The van der Waals surface area contributed by atoms with E-state index in [1.807, 2.05) is 48.5 Å². The molecule has 6 amide bonds. The molecule has 4 aromatic rings. The number of hydrogen-bond donors (Lipinski definition) is 12. The number of nitrogens with zero attached hydrogens (tertiary/aromatic N) is 1. The van der Waals surface area contributed by atoms with E-state index in [4.69, 9.17) is 33.4 Å². The number of rotatable bonds is 27. The number of aromatic amines is 1. The lowest BCUT2D eigenvalue weighted by atomic mass is 9.73. The Morgan fingerprint density at radius 3 is 1.99 bits per heavy atom. The second-order valence-electron chi connectivity index (χ2n) is 17.9. The van der Waals surface area contributed by atoms with E-state index in [0.717, 1.165) is 16.5 Å². The van der Waals surface area contributed by atoms with Crippen molar-refractivity contribution in [2.75, 3.05) is 20.2 Å². The second kappa shape index (κ2) is 26.5. The Kier molecular flexibility index (Phi) is 20.3. The van der Waals surface area contributed by atoms with Crippen molar-refractivity contribution in [3.63, 3.8) is 0 Å². The van der Waals surface area contributed by atoms with Crippen LogP contribution in [0.1, 0.15) is 86.8 Å². The van der Waals surface area contributed by atoms with Crippen LogP contribution in [0.15, 0.2) is 90.1 Å². The number of methoxy groups -OCH3 is 1. The van der Waals surface area contributed by atoms with Gasteiger partial charge in [-0.05, 0) is 105 Å². The summed E-state index contributed by atoms with van der Waals surface area (Å²) in [5.41, 5.74) is 30.1. The highest BCUT2D eigenvalue weighted by Gasteiger charge is 2.45. The van der Waals surface area contributed by atoms with E-state index >= 15 is 0 Å². The molecule has 1 aliphatic carbocycles. The van der Waals surface area contributed by atoms with Crippen molar-refractivity contribution in [1.29, 1.82) is 0 Å². The average Bonchev–Trinajstić information content (AvgIpc) is 3.76. The van der Waals surface area contributed by atoms with Gasteiger partial charge in [0, 0.05) is 36.5 Å². The maximum atomic E-state index is 14.8. The zero-order chi connectivity index (χ0) is 51.5. The number of ether oxygens (including phenoxy) is 1. The zero-order valence-corrected chi connectivity index (χ0v) is 40.0. The number of carboxylic acid groups (broad SMARTS) is 1. The highest BCUT2D eigenvalue weighted by atomic mass is 16.5. The number of carboxylic acids is 1. The molecule has 0 radical (unpaired) electrons. The van der Waals surface area contributed by atoms with E-state index < -0.39 is 83.6 Å². The number of fused-ring (bicyclic) bond motifs is 1. The Hall–Kier alpha value is -7.52. The van der Waals surface area contributed by atoms with Gasteiger partial charge in [0.25, 0.3) is 0 Å². The summed E-state index contributed by atoms with van der Waals surface area (Å²) in [6, 6.07) is 17.3. The van der Waals surface area contributed by atoms with Crippen LogP contribution in [0.4, 0.5) is 0 Å². The number of hydrogen-bond acceptors (Lipinski definition) is 11. The third-order valence-electron chi connectivity index (χ3n) is 12.8. The van der Waals surface area contributed by atoms with Crippen molar-refractivity contribution in [3.8, 4) is 5.75 Å². The van der Waals surface area contributed by atoms with Gasteiger partial charge in [0.2, 0.25) is 35.4 Å². The van der Waals surface area contributed by atoms with Crippen molar-refractivity contribution in [2.24, 2.45) is 33.7 Å². The molecule has 0 spiro atoms. The van der Waals surface area contributed by atoms with Gasteiger partial charge in [-0.15, -0.1) is 0 Å². The summed E-state index contributed by atoms with van der Waals surface area (Å²) in [4.78, 5) is 103. The van der Waals surface area contributed by atoms with E-state index in [9.17, 15) is 38.7 Å². The number of primary amides is 1. The number of guanidine groups is 1. The van der Waals surface area contributed by atoms with E-state index in [2.05, 4.69) is 36.6 Å². The van der Waals surface area contributed by atoms with Crippen molar-refractivity contribution in [3.05, 3.63) is 102 Å². The minimum atomic E-state index is -1.61. The number of unbranched alkanes of at least 4 members (excludes halogenated alkanes) is 1. The monoisotopic (exact) mass is 981 g/mol. The van der Waals surface area contributed by atoms with Gasteiger partial charge in [-0.25, -0.2) is 0 Å². The van der Waals surface area contributed by atoms with Gasteiger partial charge < -0.3 is 70.1 Å². The van der Waals surface area contributed by atoms with Gasteiger partial charge in [0.05, 0.1) is 19.6 Å². The summed E-state index contributed by atoms with van der Waals surface area (Å²) in [5.74, 6) is -5.38. The summed E-state index contributed by atoms with van der Waals surface area (Å²) < 4.78 is 5.32. The summed E-state index contributed by atoms with van der Waals surface area (Å²) in [5, 5.41) is 24.2. The molecule has 0 unspecified atom stereocenters. The van der Waals surface area contributed by atoms with E-state index in [1.165, 1.54) is 0 Å². The van der Waals surface area contributed by atoms with Gasteiger partial charge in [-0.3, -0.25) is 38.6 Å². The molecule has 71 heavy (non-hydrogen) atoms. The number of carbonyl (C=O) groups excluding carboxylic acids is 6. The maximum absolute atomic E-state index is 14.8. The van der Waals surface area contributed by atoms with Gasteiger partial charge in [0.1, 0.15) is 35.5 Å². The van der Waals surface area contributed by atoms with Crippen molar-refractivity contribution >= 4 is 58.3 Å². The molecule has 21 nitrogen and oxygen atoms in total. The Morgan fingerprint density at radius 2 is 1.35 bits per heavy atom. The molecule has 1 heterocycles. The number of nitrogens with two attached hydrogens (primary N) is 5. The SMILES string of the molecule is COc1ccc(C2CCC(NC(=O)[C@@H](N)CC(=O)O)(C(=O)N[C@H](Cc3ccccc3)C(=O)N[C@@H](CCCN=C(N)N)C(=O)N[C@@H](Cc3c[nH]c4ccccc34)C(=O)N[C@@H](CCCCN)C(N)=O)CC2)cc1. The van der Waals surface area contributed by atoms with Crippen molar-refractivity contribution in [2.45, 2.75) is 119 Å². The molecule has 0 aliphatic heterocycles. The van der Waals surface area contributed by atoms with E-state index in [0.29, 0.717) is 49.1 Å². The van der Waals surface area contributed by atoms with Gasteiger partial charge in [0.15, 0.2) is 5.96 Å². The second-order valence-corrected chi connectivity index (χ2v) is 17.9. The number of amides is 6. The fourth-order valence-corrected chi connectivity index (χ4v) is 8.79. The highest BCUT2D eigenvalue weighted by Crippen LogP contribution is 2.39. The number of benzene rings is 3. The van der Waals surface area contributed by atoms with Gasteiger partial charge in [-0.1, -0.05) is 60.7 Å². The molecule has 1 saturated carbocycles. The third-order valence-corrected chi connectivity index (χ3v) is 12.8. The first kappa shape index (κ1) is 54.4. The number of H-pyrrole nitrogens is 1. The predicted molar refractivity (Wildman–Crippen MR) is 267 cm³/mol. The van der Waals surface area contributed by atoms with Crippen LogP contribution >= 0.6 is 0 Å². The van der Waals surface area contributed by atoms with Crippen LogP contribution in [0.3, 0.4) is 0 Å². The van der Waals surface area contributed by atoms with Crippen LogP contribution in [0.25, 0.3) is 10.9 Å². The molecular weight excluding hydrogens is 913 g/mol. The minimum absolute atomic E-state index is 0.00669. The number of aromatic nitrogens is 1. The fraction of sp³-hybridized carbons (Fsp3) is 0.440. The largest absolute Gasteiger partial charge is 0.497 e. The number of carbonyl (C=O) groups is 7. The smallest absolute Gasteiger partial charge is 0.305 e. The molecule has 5 atom stereocenters. The molecule has 1 aliphatic rings. The Morgan fingerprint density at radius 1 is 0.746 bits per heavy atom. The molecule has 5 rings (SSSR count). The Balaban J connectivity index is 1.45. The summed E-state index contributed by atoms with van der Waals surface area (Å²) in [7, 11) is 1.57.